The molecule has 22 heavy (non-hydrogen) atoms. The molecule has 1 heterocycles. The smallest absolute Gasteiger partial charge is 0.120 e. The molecule has 1 aromatic rings. The normalized spacial score (nSPS) is 26.4. The Morgan fingerprint density at radius 3 is 2.82 bits per heavy atom. The van der Waals surface area contributed by atoms with Gasteiger partial charge in [0.25, 0.3) is 0 Å². The Balaban J connectivity index is 1.59. The number of nitrogens with one attached hydrogen (secondary N) is 1. The van der Waals surface area contributed by atoms with Gasteiger partial charge in [-0.2, -0.15) is 0 Å². The summed E-state index contributed by atoms with van der Waals surface area (Å²) in [5.41, 5.74) is 1.29. The van der Waals surface area contributed by atoms with Gasteiger partial charge in [-0.3, -0.25) is 0 Å². The molecule has 1 aliphatic carbocycles. The number of hydrogen-bond donors (Lipinski definition) is 1. The third-order valence-corrected chi connectivity index (χ3v) is 5.25. The quantitative estimate of drug-likeness (QED) is 0.898. The predicted octanol–water partition coefficient (Wildman–Crippen LogP) is 3.69. The SMILES string of the molecule is COc1cccc(N2CC(C)CC(NCC3CCCC3)C2)c1. The number of hydrogen-bond acceptors (Lipinski definition) is 3. The molecule has 1 aromatic carbocycles. The van der Waals surface area contributed by atoms with Gasteiger partial charge in [-0.1, -0.05) is 25.8 Å². The molecule has 2 unspecified atom stereocenters. The number of rotatable bonds is 5. The van der Waals surface area contributed by atoms with E-state index in [2.05, 4.69) is 35.3 Å². The zero-order valence-electron chi connectivity index (χ0n) is 14.1. The minimum absolute atomic E-state index is 0.621. The highest BCUT2D eigenvalue weighted by Gasteiger charge is 2.26. The van der Waals surface area contributed by atoms with E-state index in [1.54, 1.807) is 7.11 Å². The Kier molecular flexibility index (Phi) is 5.24. The molecule has 0 radical (unpaired) electrons. The summed E-state index contributed by atoms with van der Waals surface area (Å²) < 4.78 is 5.37. The van der Waals surface area contributed by atoms with Crippen LogP contribution in [0.1, 0.15) is 39.0 Å². The Morgan fingerprint density at radius 1 is 1.23 bits per heavy atom. The van der Waals surface area contributed by atoms with Crippen LogP contribution in [0.25, 0.3) is 0 Å². The van der Waals surface area contributed by atoms with E-state index >= 15 is 0 Å². The number of benzene rings is 1. The molecule has 0 aromatic heterocycles. The standard InChI is InChI=1S/C19H30N2O/c1-15-10-17(20-12-16-6-3-4-7-16)14-21(13-15)18-8-5-9-19(11-18)22-2/h5,8-9,11,15-17,20H,3-4,6-7,10,12-14H2,1-2H3. The molecule has 1 saturated heterocycles. The molecule has 1 saturated carbocycles. The molecule has 0 spiro atoms. The van der Waals surface area contributed by atoms with Crippen molar-refractivity contribution in [1.29, 1.82) is 0 Å². The van der Waals surface area contributed by atoms with Crippen molar-refractivity contribution < 1.29 is 4.74 Å². The second-order valence-electron chi connectivity index (χ2n) is 7.20. The molecule has 122 valence electrons. The molecule has 0 bridgehead atoms. The second kappa shape index (κ2) is 7.36. The summed E-state index contributed by atoms with van der Waals surface area (Å²) in [6.07, 6.45) is 7.02. The first kappa shape index (κ1) is 15.7. The van der Waals surface area contributed by atoms with E-state index in [9.17, 15) is 0 Å². The molecule has 3 nitrogen and oxygen atoms in total. The van der Waals surface area contributed by atoms with Crippen molar-refractivity contribution in [3.05, 3.63) is 24.3 Å². The first-order valence-corrected chi connectivity index (χ1v) is 8.87. The Hall–Kier alpha value is -1.22. The summed E-state index contributed by atoms with van der Waals surface area (Å²) >= 11 is 0. The van der Waals surface area contributed by atoms with Crippen LogP contribution in [-0.4, -0.2) is 32.8 Å². The van der Waals surface area contributed by atoms with Gasteiger partial charge in [0.2, 0.25) is 0 Å². The molecule has 3 heteroatoms. The topological polar surface area (TPSA) is 24.5 Å². The lowest BCUT2D eigenvalue weighted by Crippen LogP contribution is -2.49. The van der Waals surface area contributed by atoms with Crippen LogP contribution in [0, 0.1) is 11.8 Å². The van der Waals surface area contributed by atoms with Crippen LogP contribution < -0.4 is 15.0 Å². The monoisotopic (exact) mass is 302 g/mol. The third-order valence-electron chi connectivity index (χ3n) is 5.25. The van der Waals surface area contributed by atoms with Crippen LogP contribution in [0.15, 0.2) is 24.3 Å². The average molecular weight is 302 g/mol. The van der Waals surface area contributed by atoms with E-state index in [1.807, 2.05) is 6.07 Å². The maximum atomic E-state index is 5.37. The van der Waals surface area contributed by atoms with E-state index in [-0.39, 0.29) is 0 Å². The fraction of sp³-hybridized carbons (Fsp3) is 0.684. The van der Waals surface area contributed by atoms with Gasteiger partial charge in [-0.15, -0.1) is 0 Å². The molecule has 2 aliphatic rings. The Morgan fingerprint density at radius 2 is 2.05 bits per heavy atom. The molecule has 0 amide bonds. The number of anilines is 1. The second-order valence-corrected chi connectivity index (χ2v) is 7.20. The van der Waals surface area contributed by atoms with Crippen molar-refractivity contribution in [3.8, 4) is 5.75 Å². The first-order valence-electron chi connectivity index (χ1n) is 8.87. The summed E-state index contributed by atoms with van der Waals surface area (Å²) in [7, 11) is 1.74. The average Bonchev–Trinajstić information content (AvgIpc) is 3.06. The summed E-state index contributed by atoms with van der Waals surface area (Å²) in [6, 6.07) is 9.09. The molecule has 2 fully saturated rings. The Bertz CT molecular complexity index is 470. The van der Waals surface area contributed by atoms with Crippen molar-refractivity contribution in [1.82, 2.24) is 5.32 Å². The van der Waals surface area contributed by atoms with Gasteiger partial charge >= 0.3 is 0 Å². The van der Waals surface area contributed by atoms with Gasteiger partial charge in [0.05, 0.1) is 7.11 Å². The van der Waals surface area contributed by atoms with Crippen molar-refractivity contribution in [2.45, 2.75) is 45.1 Å². The fourth-order valence-electron chi connectivity index (χ4n) is 4.07. The minimum atomic E-state index is 0.621. The summed E-state index contributed by atoms with van der Waals surface area (Å²) in [6.45, 7) is 5.85. The van der Waals surface area contributed by atoms with Gasteiger partial charge in [-0.05, 0) is 49.8 Å². The van der Waals surface area contributed by atoms with Crippen LogP contribution in [-0.2, 0) is 0 Å². The molecule has 1 aliphatic heterocycles. The first-order chi connectivity index (χ1) is 10.7. The maximum Gasteiger partial charge on any atom is 0.120 e. The van der Waals surface area contributed by atoms with Crippen LogP contribution in [0.2, 0.25) is 0 Å². The molecular weight excluding hydrogens is 272 g/mol. The van der Waals surface area contributed by atoms with Gasteiger partial charge in [0.15, 0.2) is 0 Å². The zero-order valence-corrected chi connectivity index (χ0v) is 14.1. The summed E-state index contributed by atoms with van der Waals surface area (Å²) in [4.78, 5) is 2.52. The van der Waals surface area contributed by atoms with Crippen molar-refractivity contribution in [3.63, 3.8) is 0 Å². The number of methoxy groups -OCH3 is 1. The Labute approximate surface area is 135 Å². The van der Waals surface area contributed by atoms with Gasteiger partial charge in [-0.25, -0.2) is 0 Å². The lowest BCUT2D eigenvalue weighted by Gasteiger charge is -2.39. The number of nitrogens with zero attached hydrogens (tertiary/aromatic N) is 1. The van der Waals surface area contributed by atoms with Gasteiger partial charge in [0.1, 0.15) is 5.75 Å². The van der Waals surface area contributed by atoms with E-state index in [0.717, 1.165) is 30.7 Å². The predicted molar refractivity (Wildman–Crippen MR) is 92.7 cm³/mol. The highest BCUT2D eigenvalue weighted by molar-refractivity contribution is 5.51. The van der Waals surface area contributed by atoms with Crippen LogP contribution in [0.4, 0.5) is 5.69 Å². The summed E-state index contributed by atoms with van der Waals surface area (Å²) in [5.74, 6) is 2.61. The van der Waals surface area contributed by atoms with E-state index < -0.39 is 0 Å². The van der Waals surface area contributed by atoms with Gasteiger partial charge in [0, 0.05) is 30.9 Å². The lowest BCUT2D eigenvalue weighted by atomic mass is 9.94. The molecule has 1 N–H and O–H groups in total. The largest absolute Gasteiger partial charge is 0.497 e. The van der Waals surface area contributed by atoms with Crippen LogP contribution in [0.3, 0.4) is 0 Å². The van der Waals surface area contributed by atoms with Crippen molar-refractivity contribution in [2.24, 2.45) is 11.8 Å². The van der Waals surface area contributed by atoms with E-state index in [4.69, 9.17) is 4.74 Å². The fourth-order valence-corrected chi connectivity index (χ4v) is 4.07. The summed E-state index contributed by atoms with van der Waals surface area (Å²) in [5, 5.41) is 3.85. The molecule has 3 rings (SSSR count). The van der Waals surface area contributed by atoms with Crippen LogP contribution >= 0.6 is 0 Å². The third kappa shape index (κ3) is 3.95. The zero-order chi connectivity index (χ0) is 15.4. The van der Waals surface area contributed by atoms with Crippen molar-refractivity contribution in [2.75, 3.05) is 31.6 Å². The minimum Gasteiger partial charge on any atom is -0.497 e. The van der Waals surface area contributed by atoms with Crippen LogP contribution in [0.5, 0.6) is 5.75 Å². The highest BCUT2D eigenvalue weighted by Crippen LogP contribution is 2.27. The highest BCUT2D eigenvalue weighted by atomic mass is 16.5. The number of piperidine rings is 1. The molecule has 2 atom stereocenters. The van der Waals surface area contributed by atoms with E-state index in [1.165, 1.54) is 44.3 Å². The molecular formula is C19H30N2O. The van der Waals surface area contributed by atoms with E-state index in [0.29, 0.717) is 6.04 Å². The lowest BCUT2D eigenvalue weighted by molar-refractivity contribution is 0.331. The maximum absolute atomic E-state index is 5.37. The van der Waals surface area contributed by atoms with Gasteiger partial charge < -0.3 is 15.0 Å². The number of ether oxygens (including phenoxy) is 1. The van der Waals surface area contributed by atoms with Crippen molar-refractivity contribution >= 4 is 5.69 Å².